The number of aryl methyl sites for hydroxylation is 2. The molecule has 0 radical (unpaired) electrons. The van der Waals surface area contributed by atoms with Crippen molar-refractivity contribution in [1.82, 2.24) is 4.98 Å². The molecule has 0 aliphatic rings. The first kappa shape index (κ1) is 17.6. The number of fused-ring (bicyclic) bond motifs is 1. The molecular formula is C22H21N3O. The molecule has 0 fully saturated rings. The number of hydrogen-bond donors (Lipinski definition) is 1. The lowest BCUT2D eigenvalue weighted by Gasteiger charge is -2.10. The molecule has 1 aromatic heterocycles. The van der Waals surface area contributed by atoms with Crippen LogP contribution in [0.25, 0.3) is 10.9 Å². The minimum Gasteiger partial charge on any atom is -0.369 e. The third-order valence-corrected chi connectivity index (χ3v) is 4.37. The van der Waals surface area contributed by atoms with Gasteiger partial charge in [0, 0.05) is 23.9 Å². The second-order valence-corrected chi connectivity index (χ2v) is 6.46. The van der Waals surface area contributed by atoms with E-state index >= 15 is 0 Å². The first-order chi connectivity index (χ1) is 12.6. The molecule has 3 aromatic rings. The monoisotopic (exact) mass is 343 g/mol. The van der Waals surface area contributed by atoms with Gasteiger partial charge in [-0.05, 0) is 43.5 Å². The number of hydrogen-bond acceptors (Lipinski definition) is 4. The average molecular weight is 343 g/mol. The van der Waals surface area contributed by atoms with Crippen LogP contribution in [0.3, 0.4) is 0 Å². The summed E-state index contributed by atoms with van der Waals surface area (Å²) in [5.41, 5.74) is 4.40. The van der Waals surface area contributed by atoms with Crippen molar-refractivity contribution in [3.05, 3.63) is 70.8 Å². The number of aromatic nitrogens is 1. The van der Waals surface area contributed by atoms with E-state index in [0.717, 1.165) is 27.6 Å². The van der Waals surface area contributed by atoms with E-state index in [1.807, 2.05) is 56.3 Å². The van der Waals surface area contributed by atoms with Gasteiger partial charge in [-0.3, -0.25) is 4.79 Å². The first-order valence-corrected chi connectivity index (χ1v) is 8.72. The van der Waals surface area contributed by atoms with Crippen molar-refractivity contribution in [2.45, 2.75) is 26.7 Å². The molecule has 0 bridgehead atoms. The number of benzene rings is 2. The summed E-state index contributed by atoms with van der Waals surface area (Å²) in [5, 5.41) is 13.6. The van der Waals surface area contributed by atoms with E-state index in [0.29, 0.717) is 30.8 Å². The van der Waals surface area contributed by atoms with Gasteiger partial charge in [0.1, 0.15) is 11.9 Å². The van der Waals surface area contributed by atoms with Gasteiger partial charge in [-0.15, -0.1) is 0 Å². The Balaban J connectivity index is 1.69. The number of anilines is 1. The molecule has 1 heterocycles. The Morgan fingerprint density at radius 3 is 2.65 bits per heavy atom. The van der Waals surface area contributed by atoms with E-state index in [1.54, 1.807) is 0 Å². The topological polar surface area (TPSA) is 65.8 Å². The zero-order valence-corrected chi connectivity index (χ0v) is 15.0. The number of rotatable bonds is 6. The standard InChI is InChI=1S/C22H21N3O/c1-15-11-16(2)19-13-18(14-23)22(25-20(19)12-15)24-10-6-9-21(26)17-7-4-3-5-8-17/h3-5,7-8,11-13H,6,9-10H2,1-2H3,(H,24,25). The Bertz CT molecular complexity index is 988. The number of nitrogens with one attached hydrogen (secondary N) is 1. The summed E-state index contributed by atoms with van der Waals surface area (Å²) in [6.07, 6.45) is 1.15. The van der Waals surface area contributed by atoms with Crippen LogP contribution < -0.4 is 5.32 Å². The molecule has 0 spiro atoms. The van der Waals surface area contributed by atoms with E-state index in [4.69, 9.17) is 0 Å². The van der Waals surface area contributed by atoms with Crippen LogP contribution in [-0.2, 0) is 0 Å². The van der Waals surface area contributed by atoms with E-state index in [2.05, 4.69) is 22.4 Å². The second kappa shape index (κ2) is 7.79. The molecule has 130 valence electrons. The predicted octanol–water partition coefficient (Wildman–Crippen LogP) is 4.80. The molecule has 1 N–H and O–H groups in total. The Morgan fingerprint density at radius 2 is 1.92 bits per heavy atom. The minimum atomic E-state index is 0.130. The number of ketones is 1. The van der Waals surface area contributed by atoms with Crippen molar-refractivity contribution in [3.63, 3.8) is 0 Å². The van der Waals surface area contributed by atoms with Gasteiger partial charge in [0.05, 0.1) is 11.1 Å². The Labute approximate surface area is 153 Å². The van der Waals surface area contributed by atoms with Crippen LogP contribution in [0.15, 0.2) is 48.5 Å². The molecule has 0 aliphatic heterocycles. The molecular weight excluding hydrogens is 322 g/mol. The van der Waals surface area contributed by atoms with Gasteiger partial charge in [-0.1, -0.05) is 36.4 Å². The van der Waals surface area contributed by atoms with Gasteiger partial charge in [0.2, 0.25) is 0 Å². The van der Waals surface area contributed by atoms with Crippen LogP contribution in [0.2, 0.25) is 0 Å². The van der Waals surface area contributed by atoms with Crippen molar-refractivity contribution in [2.75, 3.05) is 11.9 Å². The van der Waals surface area contributed by atoms with Crippen LogP contribution in [0.5, 0.6) is 0 Å². The van der Waals surface area contributed by atoms with Crippen LogP contribution in [0, 0.1) is 25.2 Å². The maximum Gasteiger partial charge on any atom is 0.162 e. The lowest BCUT2D eigenvalue weighted by atomic mass is 10.0. The normalized spacial score (nSPS) is 10.5. The van der Waals surface area contributed by atoms with Crippen molar-refractivity contribution in [1.29, 1.82) is 5.26 Å². The maximum atomic E-state index is 12.1. The Kier molecular flexibility index (Phi) is 5.28. The SMILES string of the molecule is Cc1cc(C)c2cc(C#N)c(NCCCC(=O)c3ccccc3)nc2c1. The number of carbonyl (C=O) groups is 1. The highest BCUT2D eigenvalue weighted by molar-refractivity contribution is 5.96. The molecule has 0 unspecified atom stereocenters. The van der Waals surface area contributed by atoms with E-state index in [-0.39, 0.29) is 5.78 Å². The molecule has 2 aromatic carbocycles. The van der Waals surface area contributed by atoms with Crippen LogP contribution >= 0.6 is 0 Å². The maximum absolute atomic E-state index is 12.1. The molecule has 0 amide bonds. The third kappa shape index (κ3) is 3.89. The van der Waals surface area contributed by atoms with Crippen molar-refractivity contribution < 1.29 is 4.79 Å². The lowest BCUT2D eigenvalue weighted by molar-refractivity contribution is 0.0981. The lowest BCUT2D eigenvalue weighted by Crippen LogP contribution is -2.08. The fraction of sp³-hybridized carbons (Fsp3) is 0.227. The quantitative estimate of drug-likeness (QED) is 0.516. The summed E-state index contributed by atoms with van der Waals surface area (Å²) in [4.78, 5) is 16.8. The van der Waals surface area contributed by atoms with E-state index in [9.17, 15) is 10.1 Å². The number of nitrogens with zero attached hydrogens (tertiary/aromatic N) is 2. The molecule has 0 saturated heterocycles. The highest BCUT2D eigenvalue weighted by atomic mass is 16.1. The van der Waals surface area contributed by atoms with Gasteiger partial charge >= 0.3 is 0 Å². The molecule has 0 atom stereocenters. The molecule has 4 heteroatoms. The van der Waals surface area contributed by atoms with Crippen molar-refractivity contribution in [2.24, 2.45) is 0 Å². The van der Waals surface area contributed by atoms with Crippen LogP contribution in [0.1, 0.15) is 39.9 Å². The summed E-state index contributed by atoms with van der Waals surface area (Å²) in [6.45, 7) is 4.66. The number of carbonyl (C=O) groups excluding carboxylic acids is 1. The highest BCUT2D eigenvalue weighted by Gasteiger charge is 2.09. The number of nitriles is 1. The van der Waals surface area contributed by atoms with Crippen LogP contribution in [-0.4, -0.2) is 17.3 Å². The van der Waals surface area contributed by atoms with Gasteiger partial charge in [0.25, 0.3) is 0 Å². The summed E-state index contributed by atoms with van der Waals surface area (Å²) < 4.78 is 0. The zero-order chi connectivity index (χ0) is 18.5. The number of Topliss-reactive ketones (excluding diaryl/α,β-unsaturated/α-hetero) is 1. The fourth-order valence-electron chi connectivity index (χ4n) is 3.07. The smallest absolute Gasteiger partial charge is 0.162 e. The minimum absolute atomic E-state index is 0.130. The summed E-state index contributed by atoms with van der Waals surface area (Å²) >= 11 is 0. The van der Waals surface area contributed by atoms with Gasteiger partial charge in [-0.25, -0.2) is 4.98 Å². The predicted molar refractivity (Wildman–Crippen MR) is 104 cm³/mol. The Hall–Kier alpha value is -3.19. The number of pyridine rings is 1. The molecule has 3 rings (SSSR count). The largest absolute Gasteiger partial charge is 0.369 e. The van der Waals surface area contributed by atoms with Gasteiger partial charge < -0.3 is 5.32 Å². The molecule has 26 heavy (non-hydrogen) atoms. The van der Waals surface area contributed by atoms with Crippen molar-refractivity contribution >= 4 is 22.5 Å². The van der Waals surface area contributed by atoms with Crippen LogP contribution in [0.4, 0.5) is 5.82 Å². The zero-order valence-electron chi connectivity index (χ0n) is 15.0. The van der Waals surface area contributed by atoms with E-state index < -0.39 is 0 Å². The summed E-state index contributed by atoms with van der Waals surface area (Å²) in [6, 6.07) is 17.5. The van der Waals surface area contributed by atoms with Crippen molar-refractivity contribution in [3.8, 4) is 6.07 Å². The molecule has 0 saturated carbocycles. The fourth-order valence-corrected chi connectivity index (χ4v) is 3.07. The second-order valence-electron chi connectivity index (χ2n) is 6.46. The molecule has 0 aliphatic carbocycles. The van der Waals surface area contributed by atoms with E-state index in [1.165, 1.54) is 0 Å². The highest BCUT2D eigenvalue weighted by Crippen LogP contribution is 2.24. The summed E-state index contributed by atoms with van der Waals surface area (Å²) in [7, 11) is 0. The van der Waals surface area contributed by atoms with Gasteiger partial charge in [0.15, 0.2) is 5.78 Å². The third-order valence-electron chi connectivity index (χ3n) is 4.37. The molecule has 4 nitrogen and oxygen atoms in total. The summed E-state index contributed by atoms with van der Waals surface area (Å²) in [5.74, 6) is 0.711. The van der Waals surface area contributed by atoms with Gasteiger partial charge in [-0.2, -0.15) is 5.26 Å². The average Bonchev–Trinajstić information content (AvgIpc) is 2.65. The Morgan fingerprint density at radius 1 is 1.15 bits per heavy atom. The first-order valence-electron chi connectivity index (χ1n) is 8.72.